The van der Waals surface area contributed by atoms with Crippen molar-refractivity contribution in [3.63, 3.8) is 0 Å². The average Bonchev–Trinajstić information content (AvgIpc) is 3.02. The molecule has 0 atom stereocenters. The minimum atomic E-state index is -0.157. The van der Waals surface area contributed by atoms with Crippen LogP contribution in [0.2, 0.25) is 0 Å². The number of amides is 1. The number of rotatable bonds is 4. The fourth-order valence-corrected chi connectivity index (χ4v) is 2.84. The number of nitrogens with one attached hydrogen (secondary N) is 1. The molecule has 0 spiro atoms. The molecule has 0 aromatic carbocycles. The van der Waals surface area contributed by atoms with Gasteiger partial charge in [-0.1, -0.05) is 0 Å². The third kappa shape index (κ3) is 2.49. The Hall–Kier alpha value is -1.82. The van der Waals surface area contributed by atoms with E-state index in [4.69, 9.17) is 5.73 Å². The molecule has 100 valence electrons. The van der Waals surface area contributed by atoms with Crippen molar-refractivity contribution in [2.24, 2.45) is 0 Å². The highest BCUT2D eigenvalue weighted by Crippen LogP contribution is 2.40. The number of nitrogens with zero attached hydrogens (tertiary/aromatic N) is 2. The van der Waals surface area contributed by atoms with Crippen LogP contribution in [0.15, 0.2) is 17.6 Å². The highest BCUT2D eigenvalue weighted by Gasteiger charge is 2.26. The third-order valence-corrected chi connectivity index (χ3v) is 4.01. The Morgan fingerprint density at radius 2 is 2.42 bits per heavy atom. The van der Waals surface area contributed by atoms with Crippen LogP contribution < -0.4 is 11.1 Å². The number of carbonyl (C=O) groups is 1. The molecule has 2 heterocycles. The van der Waals surface area contributed by atoms with Gasteiger partial charge in [-0.3, -0.25) is 10.1 Å². The van der Waals surface area contributed by atoms with E-state index in [2.05, 4.69) is 10.3 Å². The minimum Gasteiger partial charge on any atom is -0.397 e. The fraction of sp³-hybridized carbons (Fsp3) is 0.385. The molecule has 0 saturated heterocycles. The minimum absolute atomic E-state index is 0.157. The Balaban J connectivity index is 1.75. The first-order valence-electron chi connectivity index (χ1n) is 6.39. The highest BCUT2D eigenvalue weighted by molar-refractivity contribution is 7.14. The molecule has 1 saturated carbocycles. The molecule has 3 rings (SSSR count). The molecule has 3 N–H and O–H groups in total. The van der Waals surface area contributed by atoms with Gasteiger partial charge in [0.25, 0.3) is 5.91 Å². The normalized spacial score (nSPS) is 14.6. The number of nitrogens with two attached hydrogens (primary N) is 1. The Bertz CT molecular complexity index is 612. The van der Waals surface area contributed by atoms with Crippen LogP contribution in [0.4, 0.5) is 10.8 Å². The van der Waals surface area contributed by atoms with Crippen LogP contribution >= 0.6 is 11.3 Å². The molecule has 19 heavy (non-hydrogen) atoms. The lowest BCUT2D eigenvalue weighted by molar-refractivity contribution is 0.101. The van der Waals surface area contributed by atoms with Gasteiger partial charge in [0.2, 0.25) is 0 Å². The SMILES string of the molecule is CCn1cc(N)cc1C(=O)Nc1nc(C2CC2)cs1. The summed E-state index contributed by atoms with van der Waals surface area (Å²) in [6.07, 6.45) is 4.20. The van der Waals surface area contributed by atoms with E-state index in [0.29, 0.717) is 29.0 Å². The molecule has 0 unspecified atom stereocenters. The molecule has 1 aliphatic rings. The van der Waals surface area contributed by atoms with E-state index in [1.807, 2.05) is 16.9 Å². The summed E-state index contributed by atoms with van der Waals surface area (Å²) in [5, 5.41) is 5.53. The van der Waals surface area contributed by atoms with Gasteiger partial charge in [0.1, 0.15) is 5.69 Å². The maximum atomic E-state index is 12.2. The van der Waals surface area contributed by atoms with Gasteiger partial charge in [-0.15, -0.1) is 11.3 Å². The predicted octanol–water partition coefficient (Wildman–Crippen LogP) is 2.68. The fourth-order valence-electron chi connectivity index (χ4n) is 2.06. The maximum absolute atomic E-state index is 12.2. The Labute approximate surface area is 115 Å². The number of nitrogen functional groups attached to an aromatic ring is 1. The molecule has 1 aliphatic carbocycles. The van der Waals surface area contributed by atoms with Gasteiger partial charge in [-0.05, 0) is 25.8 Å². The highest BCUT2D eigenvalue weighted by atomic mass is 32.1. The van der Waals surface area contributed by atoms with Crippen LogP contribution in [0.3, 0.4) is 0 Å². The summed E-state index contributed by atoms with van der Waals surface area (Å²) >= 11 is 1.48. The van der Waals surface area contributed by atoms with Crippen molar-refractivity contribution in [3.05, 3.63) is 29.0 Å². The average molecular weight is 276 g/mol. The Kier molecular flexibility index (Phi) is 3.02. The van der Waals surface area contributed by atoms with Crippen LogP contribution in [0.25, 0.3) is 0 Å². The zero-order valence-corrected chi connectivity index (χ0v) is 11.5. The molecule has 0 aliphatic heterocycles. The van der Waals surface area contributed by atoms with Gasteiger partial charge >= 0.3 is 0 Å². The van der Waals surface area contributed by atoms with Crippen molar-refractivity contribution in [2.45, 2.75) is 32.2 Å². The van der Waals surface area contributed by atoms with Crippen LogP contribution in [0.5, 0.6) is 0 Å². The summed E-state index contributed by atoms with van der Waals surface area (Å²) in [5.74, 6) is 0.451. The molecule has 6 heteroatoms. The summed E-state index contributed by atoms with van der Waals surface area (Å²) in [6.45, 7) is 2.69. The summed E-state index contributed by atoms with van der Waals surface area (Å²) < 4.78 is 1.83. The smallest absolute Gasteiger partial charge is 0.274 e. The van der Waals surface area contributed by atoms with E-state index in [-0.39, 0.29) is 5.91 Å². The second kappa shape index (κ2) is 4.70. The quantitative estimate of drug-likeness (QED) is 0.901. The Morgan fingerprint density at radius 3 is 3.11 bits per heavy atom. The van der Waals surface area contributed by atoms with Gasteiger partial charge in [-0.2, -0.15) is 0 Å². The number of hydrogen-bond donors (Lipinski definition) is 2. The molecular formula is C13H16N4OS. The second-order valence-corrected chi connectivity index (χ2v) is 5.61. The number of aromatic nitrogens is 2. The molecule has 0 radical (unpaired) electrons. The van der Waals surface area contributed by atoms with Crippen molar-refractivity contribution in [1.82, 2.24) is 9.55 Å². The monoisotopic (exact) mass is 276 g/mol. The molecular weight excluding hydrogens is 260 g/mol. The first kappa shape index (κ1) is 12.2. The topological polar surface area (TPSA) is 72.9 Å². The molecule has 1 fully saturated rings. The number of carbonyl (C=O) groups excluding carboxylic acids is 1. The van der Waals surface area contributed by atoms with Gasteiger partial charge in [0.05, 0.1) is 11.4 Å². The Morgan fingerprint density at radius 1 is 1.63 bits per heavy atom. The van der Waals surface area contributed by atoms with Gasteiger partial charge in [0, 0.05) is 24.0 Å². The molecule has 2 aromatic heterocycles. The van der Waals surface area contributed by atoms with Gasteiger partial charge in [0.15, 0.2) is 5.13 Å². The molecule has 2 aromatic rings. The lowest BCUT2D eigenvalue weighted by Gasteiger charge is -2.05. The van der Waals surface area contributed by atoms with Crippen LogP contribution in [0.1, 0.15) is 41.9 Å². The number of hydrogen-bond acceptors (Lipinski definition) is 4. The standard InChI is InChI=1S/C13H16N4OS/c1-2-17-6-9(14)5-11(17)12(18)16-13-15-10(7-19-13)8-3-4-8/h5-8H,2-4,14H2,1H3,(H,15,16,18). The van der Waals surface area contributed by atoms with Crippen molar-refractivity contribution < 1.29 is 4.79 Å². The van der Waals surface area contributed by atoms with E-state index < -0.39 is 0 Å². The molecule has 5 nitrogen and oxygen atoms in total. The third-order valence-electron chi connectivity index (χ3n) is 3.23. The summed E-state index contributed by atoms with van der Waals surface area (Å²) in [5.41, 5.74) is 8.00. The van der Waals surface area contributed by atoms with Crippen molar-refractivity contribution in [3.8, 4) is 0 Å². The summed E-state index contributed by atoms with van der Waals surface area (Å²) in [7, 11) is 0. The van der Waals surface area contributed by atoms with E-state index >= 15 is 0 Å². The summed E-state index contributed by atoms with van der Waals surface area (Å²) in [6, 6.07) is 1.69. The molecule has 0 bridgehead atoms. The van der Waals surface area contributed by atoms with E-state index in [0.717, 1.165) is 5.69 Å². The second-order valence-electron chi connectivity index (χ2n) is 4.75. The number of aryl methyl sites for hydroxylation is 1. The first-order chi connectivity index (χ1) is 9.17. The largest absolute Gasteiger partial charge is 0.397 e. The zero-order chi connectivity index (χ0) is 13.4. The van der Waals surface area contributed by atoms with Crippen LogP contribution in [-0.2, 0) is 6.54 Å². The number of thiazole rings is 1. The van der Waals surface area contributed by atoms with E-state index in [9.17, 15) is 4.79 Å². The van der Waals surface area contributed by atoms with E-state index in [1.54, 1.807) is 12.3 Å². The predicted molar refractivity (Wildman–Crippen MR) is 76.6 cm³/mol. The van der Waals surface area contributed by atoms with Gasteiger partial charge < -0.3 is 10.3 Å². The van der Waals surface area contributed by atoms with E-state index in [1.165, 1.54) is 24.2 Å². The summed E-state index contributed by atoms with van der Waals surface area (Å²) in [4.78, 5) is 16.6. The van der Waals surface area contributed by atoms with Crippen LogP contribution in [0, 0.1) is 0 Å². The van der Waals surface area contributed by atoms with Crippen molar-refractivity contribution in [1.29, 1.82) is 0 Å². The van der Waals surface area contributed by atoms with Crippen molar-refractivity contribution in [2.75, 3.05) is 11.1 Å². The van der Waals surface area contributed by atoms with Crippen molar-refractivity contribution >= 4 is 28.1 Å². The first-order valence-corrected chi connectivity index (χ1v) is 7.27. The van der Waals surface area contributed by atoms with Gasteiger partial charge in [-0.25, -0.2) is 4.98 Å². The number of anilines is 2. The lowest BCUT2D eigenvalue weighted by Crippen LogP contribution is -2.16. The zero-order valence-electron chi connectivity index (χ0n) is 10.7. The molecule has 1 amide bonds. The maximum Gasteiger partial charge on any atom is 0.274 e. The van der Waals surface area contributed by atoms with Crippen LogP contribution in [-0.4, -0.2) is 15.5 Å². The lowest BCUT2D eigenvalue weighted by atomic mass is 10.3.